The largest absolute Gasteiger partial charge is 0.468 e. The van der Waals surface area contributed by atoms with Gasteiger partial charge < -0.3 is 9.73 Å². The Morgan fingerprint density at radius 3 is 2.75 bits per heavy atom. The summed E-state index contributed by atoms with van der Waals surface area (Å²) in [5.74, 6) is 2.86. The van der Waals surface area contributed by atoms with Crippen LogP contribution in [0.5, 0.6) is 0 Å². The first-order valence-electron chi connectivity index (χ1n) is 6.52. The zero-order valence-corrected chi connectivity index (χ0v) is 10.4. The summed E-state index contributed by atoms with van der Waals surface area (Å²) in [5.41, 5.74) is 0. The summed E-state index contributed by atoms with van der Waals surface area (Å²) < 4.78 is 5.39. The van der Waals surface area contributed by atoms with Gasteiger partial charge in [-0.25, -0.2) is 0 Å². The van der Waals surface area contributed by atoms with Crippen LogP contribution >= 0.6 is 0 Å². The first-order chi connectivity index (χ1) is 7.75. The zero-order chi connectivity index (χ0) is 11.4. The van der Waals surface area contributed by atoms with E-state index in [9.17, 15) is 0 Å². The monoisotopic (exact) mass is 221 g/mol. The van der Waals surface area contributed by atoms with Crippen molar-refractivity contribution < 1.29 is 4.42 Å². The van der Waals surface area contributed by atoms with Crippen molar-refractivity contribution >= 4 is 0 Å². The number of hydrogen-bond donors (Lipinski definition) is 1. The Morgan fingerprint density at radius 1 is 1.38 bits per heavy atom. The lowest BCUT2D eigenvalue weighted by Gasteiger charge is -2.27. The minimum absolute atomic E-state index is 0.342. The van der Waals surface area contributed by atoms with Gasteiger partial charge in [-0.1, -0.05) is 19.8 Å². The van der Waals surface area contributed by atoms with Crippen molar-refractivity contribution in [3.63, 3.8) is 0 Å². The molecule has 0 saturated heterocycles. The van der Waals surface area contributed by atoms with E-state index in [1.165, 1.54) is 25.7 Å². The maximum Gasteiger partial charge on any atom is 0.120 e. The van der Waals surface area contributed by atoms with E-state index in [0.717, 1.165) is 24.1 Å². The molecule has 0 spiro atoms. The zero-order valence-electron chi connectivity index (χ0n) is 10.4. The lowest BCUT2D eigenvalue weighted by molar-refractivity contribution is 0.271. The SMILES string of the molecule is CC1CCC(CN[C@@H](C)c2ccco2)CC1. The van der Waals surface area contributed by atoms with Gasteiger partial charge in [0.15, 0.2) is 0 Å². The van der Waals surface area contributed by atoms with Crippen LogP contribution in [0.1, 0.15) is 51.3 Å². The van der Waals surface area contributed by atoms with Crippen molar-refractivity contribution in [2.75, 3.05) is 6.54 Å². The Balaban J connectivity index is 1.71. The molecular weight excluding hydrogens is 198 g/mol. The first-order valence-corrected chi connectivity index (χ1v) is 6.52. The van der Waals surface area contributed by atoms with Crippen LogP contribution in [-0.4, -0.2) is 6.54 Å². The van der Waals surface area contributed by atoms with Crippen molar-refractivity contribution in [1.29, 1.82) is 0 Å². The summed E-state index contributed by atoms with van der Waals surface area (Å²) in [6.07, 6.45) is 7.33. The summed E-state index contributed by atoms with van der Waals surface area (Å²) in [4.78, 5) is 0. The van der Waals surface area contributed by atoms with Crippen molar-refractivity contribution in [3.05, 3.63) is 24.2 Å². The molecule has 0 radical (unpaired) electrons. The number of nitrogens with one attached hydrogen (secondary N) is 1. The molecule has 1 aromatic rings. The van der Waals surface area contributed by atoms with Gasteiger partial charge in [-0.3, -0.25) is 0 Å². The number of hydrogen-bond acceptors (Lipinski definition) is 2. The van der Waals surface area contributed by atoms with Crippen LogP contribution in [-0.2, 0) is 0 Å². The highest BCUT2D eigenvalue weighted by atomic mass is 16.3. The normalized spacial score (nSPS) is 27.9. The minimum atomic E-state index is 0.342. The van der Waals surface area contributed by atoms with Gasteiger partial charge in [-0.15, -0.1) is 0 Å². The van der Waals surface area contributed by atoms with E-state index in [1.54, 1.807) is 6.26 Å². The predicted molar refractivity (Wildman–Crippen MR) is 66.2 cm³/mol. The van der Waals surface area contributed by atoms with E-state index in [4.69, 9.17) is 4.42 Å². The molecule has 1 N–H and O–H groups in total. The van der Waals surface area contributed by atoms with Crippen LogP contribution in [0.25, 0.3) is 0 Å². The molecule has 16 heavy (non-hydrogen) atoms. The average molecular weight is 221 g/mol. The molecule has 1 aliphatic carbocycles. The molecule has 1 atom stereocenters. The van der Waals surface area contributed by atoms with Gasteiger partial charge in [0.1, 0.15) is 5.76 Å². The van der Waals surface area contributed by atoms with Crippen LogP contribution in [0.15, 0.2) is 22.8 Å². The predicted octanol–water partition coefficient (Wildman–Crippen LogP) is 3.76. The fourth-order valence-corrected chi connectivity index (χ4v) is 2.51. The molecule has 0 bridgehead atoms. The smallest absolute Gasteiger partial charge is 0.120 e. The molecule has 2 rings (SSSR count). The van der Waals surface area contributed by atoms with Crippen molar-refractivity contribution in [2.45, 2.75) is 45.6 Å². The molecule has 2 heteroatoms. The molecule has 0 aliphatic heterocycles. The Kier molecular flexibility index (Phi) is 4.05. The van der Waals surface area contributed by atoms with Crippen molar-refractivity contribution in [3.8, 4) is 0 Å². The van der Waals surface area contributed by atoms with Gasteiger partial charge in [0.2, 0.25) is 0 Å². The van der Waals surface area contributed by atoms with Gasteiger partial charge >= 0.3 is 0 Å². The fourth-order valence-electron chi connectivity index (χ4n) is 2.51. The standard InChI is InChI=1S/C14H23NO/c1-11-5-7-13(8-6-11)10-15-12(2)14-4-3-9-16-14/h3-4,9,11-13,15H,5-8,10H2,1-2H3/t11?,12-,13?/m0/s1. The maximum atomic E-state index is 5.39. The van der Waals surface area contributed by atoms with Crippen LogP contribution in [0.4, 0.5) is 0 Å². The van der Waals surface area contributed by atoms with E-state index in [1.807, 2.05) is 12.1 Å². The van der Waals surface area contributed by atoms with E-state index < -0.39 is 0 Å². The molecular formula is C14H23NO. The summed E-state index contributed by atoms with van der Waals surface area (Å²) in [6, 6.07) is 4.34. The van der Waals surface area contributed by atoms with Gasteiger partial charge in [-0.05, 0) is 50.3 Å². The Morgan fingerprint density at radius 2 is 2.12 bits per heavy atom. The highest BCUT2D eigenvalue weighted by molar-refractivity contribution is 5.02. The molecule has 1 aliphatic rings. The van der Waals surface area contributed by atoms with Crippen LogP contribution in [0, 0.1) is 11.8 Å². The summed E-state index contributed by atoms with van der Waals surface area (Å²) in [5, 5.41) is 3.58. The van der Waals surface area contributed by atoms with Gasteiger partial charge in [0.05, 0.1) is 12.3 Å². The third-order valence-electron chi connectivity index (χ3n) is 3.82. The molecule has 0 amide bonds. The lowest BCUT2D eigenvalue weighted by atomic mass is 9.83. The number of rotatable bonds is 4. The first kappa shape index (κ1) is 11.7. The second-order valence-electron chi connectivity index (χ2n) is 5.27. The van der Waals surface area contributed by atoms with Crippen LogP contribution < -0.4 is 5.32 Å². The van der Waals surface area contributed by atoms with Crippen LogP contribution in [0.3, 0.4) is 0 Å². The summed E-state index contributed by atoms with van der Waals surface area (Å²) in [7, 11) is 0. The quantitative estimate of drug-likeness (QED) is 0.837. The minimum Gasteiger partial charge on any atom is -0.468 e. The lowest BCUT2D eigenvalue weighted by Crippen LogP contribution is -2.28. The highest BCUT2D eigenvalue weighted by Gasteiger charge is 2.19. The van der Waals surface area contributed by atoms with E-state index in [2.05, 4.69) is 19.2 Å². The summed E-state index contributed by atoms with van der Waals surface area (Å²) in [6.45, 7) is 5.67. The van der Waals surface area contributed by atoms with Gasteiger partial charge in [0, 0.05) is 0 Å². The topological polar surface area (TPSA) is 25.2 Å². The molecule has 1 saturated carbocycles. The van der Waals surface area contributed by atoms with Gasteiger partial charge in [-0.2, -0.15) is 0 Å². The van der Waals surface area contributed by atoms with E-state index in [-0.39, 0.29) is 0 Å². The fraction of sp³-hybridized carbons (Fsp3) is 0.714. The number of furan rings is 1. The Labute approximate surface area is 98.4 Å². The second-order valence-corrected chi connectivity index (χ2v) is 5.27. The maximum absolute atomic E-state index is 5.39. The van der Waals surface area contributed by atoms with E-state index in [0.29, 0.717) is 6.04 Å². The molecule has 0 aromatic carbocycles. The molecule has 1 heterocycles. The van der Waals surface area contributed by atoms with Crippen molar-refractivity contribution in [1.82, 2.24) is 5.32 Å². The van der Waals surface area contributed by atoms with Crippen molar-refractivity contribution in [2.24, 2.45) is 11.8 Å². The molecule has 2 nitrogen and oxygen atoms in total. The Bertz CT molecular complexity index is 286. The summed E-state index contributed by atoms with van der Waals surface area (Å²) >= 11 is 0. The third kappa shape index (κ3) is 3.11. The molecule has 1 aromatic heterocycles. The average Bonchev–Trinajstić information content (AvgIpc) is 2.81. The van der Waals surface area contributed by atoms with Gasteiger partial charge in [0.25, 0.3) is 0 Å². The highest BCUT2D eigenvalue weighted by Crippen LogP contribution is 2.28. The molecule has 0 unspecified atom stereocenters. The molecule has 90 valence electrons. The molecule has 1 fully saturated rings. The third-order valence-corrected chi connectivity index (χ3v) is 3.82. The second kappa shape index (κ2) is 5.53. The van der Waals surface area contributed by atoms with E-state index >= 15 is 0 Å². The Hall–Kier alpha value is -0.760. The van der Waals surface area contributed by atoms with Crippen LogP contribution in [0.2, 0.25) is 0 Å².